The van der Waals surface area contributed by atoms with Crippen molar-refractivity contribution in [3.8, 4) is 0 Å². The van der Waals surface area contributed by atoms with Crippen LogP contribution in [0, 0.1) is 5.92 Å². The molecule has 2 rings (SSSR count). The Morgan fingerprint density at radius 2 is 1.88 bits per heavy atom. The van der Waals surface area contributed by atoms with Crippen LogP contribution in [0.4, 0.5) is 0 Å². The zero-order valence-electron chi connectivity index (χ0n) is 10.9. The molecule has 0 spiro atoms. The van der Waals surface area contributed by atoms with Crippen LogP contribution in [0.1, 0.15) is 33.1 Å². The SMILES string of the molecule is CC1CCN(C(=O)C(C)N2CC[C@H](O)C2)CC1. The molecule has 2 atom stereocenters. The Labute approximate surface area is 104 Å². The second-order valence-electron chi connectivity index (χ2n) is 5.62. The second-order valence-corrected chi connectivity index (χ2v) is 5.62. The maximum Gasteiger partial charge on any atom is 0.239 e. The highest BCUT2D eigenvalue weighted by Gasteiger charge is 2.31. The minimum Gasteiger partial charge on any atom is -0.392 e. The monoisotopic (exact) mass is 240 g/mol. The van der Waals surface area contributed by atoms with Crippen LogP contribution in [0.5, 0.6) is 0 Å². The van der Waals surface area contributed by atoms with Crippen LogP contribution in [0.3, 0.4) is 0 Å². The first-order chi connectivity index (χ1) is 8.08. The van der Waals surface area contributed by atoms with Crippen molar-refractivity contribution in [2.75, 3.05) is 26.2 Å². The van der Waals surface area contributed by atoms with Crippen molar-refractivity contribution in [1.29, 1.82) is 0 Å². The molecule has 0 saturated carbocycles. The third kappa shape index (κ3) is 2.99. The van der Waals surface area contributed by atoms with Crippen LogP contribution < -0.4 is 0 Å². The lowest BCUT2D eigenvalue weighted by Crippen LogP contribution is -2.48. The number of hydrogen-bond acceptors (Lipinski definition) is 3. The minimum atomic E-state index is -0.244. The van der Waals surface area contributed by atoms with Gasteiger partial charge in [0, 0.05) is 26.2 Å². The number of aliphatic hydroxyl groups is 1. The minimum absolute atomic E-state index is 0.0689. The number of carbonyl (C=O) groups is 1. The second kappa shape index (κ2) is 5.36. The molecule has 4 heteroatoms. The fraction of sp³-hybridized carbons (Fsp3) is 0.923. The van der Waals surface area contributed by atoms with Gasteiger partial charge in [-0.25, -0.2) is 0 Å². The Morgan fingerprint density at radius 1 is 1.24 bits per heavy atom. The van der Waals surface area contributed by atoms with Gasteiger partial charge in [-0.1, -0.05) is 6.92 Å². The number of hydrogen-bond donors (Lipinski definition) is 1. The highest BCUT2D eigenvalue weighted by molar-refractivity contribution is 5.81. The van der Waals surface area contributed by atoms with Crippen molar-refractivity contribution in [2.45, 2.75) is 45.3 Å². The molecule has 0 bridgehead atoms. The van der Waals surface area contributed by atoms with Crippen LogP contribution >= 0.6 is 0 Å². The molecule has 1 N–H and O–H groups in total. The predicted molar refractivity (Wildman–Crippen MR) is 66.6 cm³/mol. The van der Waals surface area contributed by atoms with Crippen molar-refractivity contribution in [3.05, 3.63) is 0 Å². The van der Waals surface area contributed by atoms with E-state index in [2.05, 4.69) is 11.8 Å². The van der Waals surface area contributed by atoms with E-state index < -0.39 is 0 Å². The quantitative estimate of drug-likeness (QED) is 0.773. The largest absolute Gasteiger partial charge is 0.392 e. The summed E-state index contributed by atoms with van der Waals surface area (Å²) in [5.74, 6) is 0.994. The molecule has 2 heterocycles. The van der Waals surface area contributed by atoms with E-state index in [1.807, 2.05) is 11.8 Å². The lowest BCUT2D eigenvalue weighted by Gasteiger charge is -2.34. The number of piperidine rings is 1. The number of likely N-dealkylation sites (tertiary alicyclic amines) is 2. The molecule has 98 valence electrons. The van der Waals surface area contributed by atoms with E-state index in [1.165, 1.54) is 0 Å². The van der Waals surface area contributed by atoms with Gasteiger partial charge in [-0.2, -0.15) is 0 Å². The maximum atomic E-state index is 12.3. The van der Waals surface area contributed by atoms with Gasteiger partial charge in [0.1, 0.15) is 0 Å². The normalized spacial score (nSPS) is 29.6. The summed E-state index contributed by atoms with van der Waals surface area (Å²) in [6.45, 7) is 7.53. The molecular formula is C13H24N2O2. The van der Waals surface area contributed by atoms with Gasteiger partial charge in [0.25, 0.3) is 0 Å². The first-order valence-corrected chi connectivity index (χ1v) is 6.79. The van der Waals surface area contributed by atoms with Gasteiger partial charge in [0.05, 0.1) is 12.1 Å². The topological polar surface area (TPSA) is 43.8 Å². The zero-order valence-corrected chi connectivity index (χ0v) is 10.9. The van der Waals surface area contributed by atoms with Crippen LogP contribution in [-0.4, -0.2) is 59.1 Å². The van der Waals surface area contributed by atoms with Crippen LogP contribution in [0.2, 0.25) is 0 Å². The standard InChI is InChI=1S/C13H24N2O2/c1-10-3-6-14(7-4-10)13(17)11(2)15-8-5-12(16)9-15/h10-12,16H,3-9H2,1-2H3/t11?,12-/m0/s1. The molecule has 2 aliphatic heterocycles. The summed E-state index contributed by atoms with van der Waals surface area (Å²) >= 11 is 0. The van der Waals surface area contributed by atoms with Crippen molar-refractivity contribution >= 4 is 5.91 Å². The average Bonchev–Trinajstić information content (AvgIpc) is 2.75. The van der Waals surface area contributed by atoms with Gasteiger partial charge in [-0.3, -0.25) is 9.69 Å². The summed E-state index contributed by atoms with van der Waals surface area (Å²) in [4.78, 5) is 16.4. The molecule has 0 aliphatic carbocycles. The van der Waals surface area contributed by atoms with E-state index in [-0.39, 0.29) is 18.1 Å². The Bertz CT molecular complexity index is 275. The van der Waals surface area contributed by atoms with Crippen LogP contribution in [0.25, 0.3) is 0 Å². The Kier molecular flexibility index (Phi) is 4.05. The highest BCUT2D eigenvalue weighted by atomic mass is 16.3. The summed E-state index contributed by atoms with van der Waals surface area (Å²) in [6, 6.07) is -0.0689. The van der Waals surface area contributed by atoms with E-state index in [0.29, 0.717) is 6.54 Å². The molecule has 0 aromatic rings. The average molecular weight is 240 g/mol. The number of carbonyl (C=O) groups excluding carboxylic acids is 1. The number of rotatable bonds is 2. The van der Waals surface area contributed by atoms with Crippen molar-refractivity contribution in [3.63, 3.8) is 0 Å². The molecule has 0 aromatic carbocycles. The maximum absolute atomic E-state index is 12.3. The van der Waals surface area contributed by atoms with Crippen molar-refractivity contribution in [1.82, 2.24) is 9.80 Å². The number of β-amino-alcohol motifs (C(OH)–C–C–N with tert-alkyl or cyclic N) is 1. The Hall–Kier alpha value is -0.610. The van der Waals surface area contributed by atoms with Gasteiger partial charge in [-0.05, 0) is 32.1 Å². The van der Waals surface area contributed by atoms with Gasteiger partial charge in [0.2, 0.25) is 5.91 Å². The van der Waals surface area contributed by atoms with E-state index in [9.17, 15) is 9.90 Å². The molecule has 17 heavy (non-hydrogen) atoms. The van der Waals surface area contributed by atoms with Gasteiger partial charge < -0.3 is 10.0 Å². The molecule has 0 radical (unpaired) electrons. The highest BCUT2D eigenvalue weighted by Crippen LogP contribution is 2.19. The molecule has 0 aromatic heterocycles. The first kappa shape index (κ1) is 12.8. The van der Waals surface area contributed by atoms with Crippen molar-refractivity contribution < 1.29 is 9.90 Å². The van der Waals surface area contributed by atoms with Crippen LogP contribution in [-0.2, 0) is 4.79 Å². The smallest absolute Gasteiger partial charge is 0.239 e. The molecule has 1 amide bonds. The Morgan fingerprint density at radius 3 is 2.41 bits per heavy atom. The van der Waals surface area contributed by atoms with E-state index in [0.717, 1.165) is 44.8 Å². The molecule has 2 saturated heterocycles. The lowest BCUT2D eigenvalue weighted by molar-refractivity contribution is -0.137. The summed E-state index contributed by atoms with van der Waals surface area (Å²) in [6.07, 6.45) is 2.81. The number of amides is 1. The molecule has 2 fully saturated rings. The summed E-state index contributed by atoms with van der Waals surface area (Å²) in [5, 5.41) is 9.51. The van der Waals surface area contributed by atoms with E-state index in [1.54, 1.807) is 0 Å². The third-order valence-corrected chi connectivity index (χ3v) is 4.20. The molecule has 4 nitrogen and oxygen atoms in total. The van der Waals surface area contributed by atoms with E-state index in [4.69, 9.17) is 0 Å². The van der Waals surface area contributed by atoms with E-state index >= 15 is 0 Å². The molecular weight excluding hydrogens is 216 g/mol. The van der Waals surface area contributed by atoms with Gasteiger partial charge in [0.15, 0.2) is 0 Å². The lowest BCUT2D eigenvalue weighted by atomic mass is 9.99. The van der Waals surface area contributed by atoms with Gasteiger partial charge in [-0.15, -0.1) is 0 Å². The first-order valence-electron chi connectivity index (χ1n) is 6.79. The summed E-state index contributed by atoms with van der Waals surface area (Å²) in [5.41, 5.74) is 0. The predicted octanol–water partition coefficient (Wildman–Crippen LogP) is 0.700. The zero-order chi connectivity index (χ0) is 12.4. The molecule has 2 aliphatic rings. The van der Waals surface area contributed by atoms with Crippen molar-refractivity contribution in [2.24, 2.45) is 5.92 Å². The molecule has 1 unspecified atom stereocenters. The fourth-order valence-corrected chi connectivity index (χ4v) is 2.77. The Balaban J connectivity index is 1.86. The third-order valence-electron chi connectivity index (χ3n) is 4.20. The number of aliphatic hydroxyl groups excluding tert-OH is 1. The van der Waals surface area contributed by atoms with Gasteiger partial charge >= 0.3 is 0 Å². The summed E-state index contributed by atoms with van der Waals surface area (Å²) < 4.78 is 0. The fourth-order valence-electron chi connectivity index (χ4n) is 2.77. The van der Waals surface area contributed by atoms with Crippen LogP contribution in [0.15, 0.2) is 0 Å². The summed E-state index contributed by atoms with van der Waals surface area (Å²) in [7, 11) is 0. The number of nitrogens with zero attached hydrogens (tertiary/aromatic N) is 2.